The molecule has 0 unspecified atom stereocenters. The average molecular weight is 495 g/mol. The molecule has 184 valence electrons. The maximum Gasteiger partial charge on any atom is 0.252 e. The summed E-state index contributed by atoms with van der Waals surface area (Å²) in [5, 5.41) is 3.48. The van der Waals surface area contributed by atoms with E-state index in [1.54, 1.807) is 41.0 Å². The van der Waals surface area contributed by atoms with Gasteiger partial charge in [0.2, 0.25) is 10.0 Å². The lowest BCUT2D eigenvalue weighted by molar-refractivity contribution is 0.0859. The van der Waals surface area contributed by atoms with Gasteiger partial charge in [0.25, 0.3) is 5.91 Å². The molecule has 0 aliphatic carbocycles. The number of nitrogens with zero attached hydrogens (tertiary/aromatic N) is 3. The van der Waals surface area contributed by atoms with Crippen molar-refractivity contribution in [3.05, 3.63) is 54.4 Å². The molecule has 0 saturated carbocycles. The lowest BCUT2D eigenvalue weighted by Crippen LogP contribution is -2.37. The second kappa shape index (κ2) is 10.0. The van der Waals surface area contributed by atoms with Crippen molar-refractivity contribution in [2.24, 2.45) is 5.92 Å². The van der Waals surface area contributed by atoms with Crippen LogP contribution in [0, 0.1) is 5.92 Å². The van der Waals surface area contributed by atoms with Gasteiger partial charge in [0.05, 0.1) is 27.8 Å². The Morgan fingerprint density at radius 3 is 2.71 bits per heavy atom. The fourth-order valence-electron chi connectivity index (χ4n) is 4.70. The van der Waals surface area contributed by atoms with Gasteiger partial charge in [0.1, 0.15) is 0 Å². The third-order valence-corrected chi connectivity index (χ3v) is 8.77. The van der Waals surface area contributed by atoms with E-state index in [0.29, 0.717) is 54.3 Å². The fraction of sp³-hybridized carbons (Fsp3) is 0.423. The zero-order valence-corrected chi connectivity index (χ0v) is 20.6. The maximum absolute atomic E-state index is 13.4. The Labute approximate surface area is 205 Å². The lowest BCUT2D eigenvalue weighted by Gasteiger charge is -2.29. The van der Waals surface area contributed by atoms with Gasteiger partial charge in [-0.3, -0.25) is 9.78 Å². The Morgan fingerprint density at radius 2 is 2.00 bits per heavy atom. The van der Waals surface area contributed by atoms with E-state index in [4.69, 9.17) is 9.72 Å². The molecule has 35 heavy (non-hydrogen) atoms. The normalized spacial score (nSPS) is 19.7. The summed E-state index contributed by atoms with van der Waals surface area (Å²) in [6, 6.07) is 10.3. The molecule has 4 heterocycles. The lowest BCUT2D eigenvalue weighted by atomic mass is 10.0. The van der Waals surface area contributed by atoms with Crippen molar-refractivity contribution in [1.82, 2.24) is 19.6 Å². The summed E-state index contributed by atoms with van der Waals surface area (Å²) < 4.78 is 34.0. The van der Waals surface area contributed by atoms with Crippen molar-refractivity contribution in [3.8, 4) is 11.3 Å². The van der Waals surface area contributed by atoms with Gasteiger partial charge in [-0.15, -0.1) is 0 Å². The molecule has 1 N–H and O–H groups in total. The third-order valence-electron chi connectivity index (χ3n) is 6.88. The molecule has 2 aliphatic heterocycles. The number of aromatic nitrogens is 2. The largest absolute Gasteiger partial charge is 0.376 e. The minimum Gasteiger partial charge on any atom is -0.376 e. The summed E-state index contributed by atoms with van der Waals surface area (Å²) in [5.74, 6) is 0.242. The van der Waals surface area contributed by atoms with Gasteiger partial charge in [-0.25, -0.2) is 13.4 Å². The van der Waals surface area contributed by atoms with Crippen LogP contribution in [0.4, 0.5) is 0 Å². The molecule has 8 nitrogen and oxygen atoms in total. The van der Waals surface area contributed by atoms with E-state index in [1.165, 1.54) is 0 Å². The standard InChI is InChI=1S/C26H30N4O4S/c1-18-8-11-30(12-9-18)35(32,33)21-6-7-24-22(14-21)23(26(31)28-17-20-5-3-13-34-20)15-25(29-24)19-4-2-10-27-16-19/h2,4,6-7,10,14-16,18,20H,3,5,8-9,11-13,17H2,1H3,(H,28,31)/t20-/m0/s1. The van der Waals surface area contributed by atoms with E-state index in [9.17, 15) is 13.2 Å². The summed E-state index contributed by atoms with van der Waals surface area (Å²) in [7, 11) is -3.66. The highest BCUT2D eigenvalue weighted by molar-refractivity contribution is 7.89. The Balaban J connectivity index is 1.54. The number of nitrogens with one attached hydrogen (secondary N) is 1. The van der Waals surface area contributed by atoms with Gasteiger partial charge in [0.15, 0.2) is 0 Å². The van der Waals surface area contributed by atoms with Gasteiger partial charge < -0.3 is 10.1 Å². The van der Waals surface area contributed by atoms with Crippen LogP contribution < -0.4 is 5.32 Å². The second-order valence-electron chi connectivity index (χ2n) is 9.41. The number of amides is 1. The minimum absolute atomic E-state index is 0.00211. The van der Waals surface area contributed by atoms with Gasteiger partial charge in [-0.1, -0.05) is 6.92 Å². The zero-order valence-electron chi connectivity index (χ0n) is 19.8. The second-order valence-corrected chi connectivity index (χ2v) is 11.3. The van der Waals surface area contributed by atoms with Crippen LogP contribution >= 0.6 is 0 Å². The number of piperidine rings is 1. The molecule has 0 bridgehead atoms. The molecule has 1 aromatic carbocycles. The highest BCUT2D eigenvalue weighted by Crippen LogP contribution is 2.29. The summed E-state index contributed by atoms with van der Waals surface area (Å²) >= 11 is 0. The van der Waals surface area contributed by atoms with Crippen molar-refractivity contribution in [3.63, 3.8) is 0 Å². The zero-order chi connectivity index (χ0) is 24.4. The first-order valence-electron chi connectivity index (χ1n) is 12.2. The molecule has 9 heteroatoms. The first-order chi connectivity index (χ1) is 16.9. The van der Waals surface area contributed by atoms with Crippen LogP contribution in [0.3, 0.4) is 0 Å². The fourth-order valence-corrected chi connectivity index (χ4v) is 6.19. The molecule has 1 atom stereocenters. The summed E-state index contributed by atoms with van der Waals surface area (Å²) in [6.07, 6.45) is 6.97. The van der Waals surface area contributed by atoms with Gasteiger partial charge in [0, 0.05) is 49.6 Å². The number of sulfonamides is 1. The van der Waals surface area contributed by atoms with Crippen LogP contribution in [0.1, 0.15) is 43.0 Å². The topological polar surface area (TPSA) is 101 Å². The number of ether oxygens (including phenoxy) is 1. The van der Waals surface area contributed by atoms with Crippen molar-refractivity contribution >= 4 is 26.8 Å². The van der Waals surface area contributed by atoms with Gasteiger partial charge in [-0.2, -0.15) is 4.31 Å². The number of carbonyl (C=O) groups excluding carboxylic acids is 1. The minimum atomic E-state index is -3.66. The number of hydrogen-bond acceptors (Lipinski definition) is 6. The van der Waals surface area contributed by atoms with Crippen LogP contribution in [0.5, 0.6) is 0 Å². The average Bonchev–Trinajstić information content (AvgIpc) is 3.41. The summed E-state index contributed by atoms with van der Waals surface area (Å²) in [6.45, 7) is 4.28. The molecule has 2 aromatic heterocycles. The first kappa shape index (κ1) is 23.8. The smallest absolute Gasteiger partial charge is 0.252 e. The van der Waals surface area contributed by atoms with E-state index in [2.05, 4.69) is 17.2 Å². The van der Waals surface area contributed by atoms with Crippen LogP contribution in [-0.2, 0) is 14.8 Å². The maximum atomic E-state index is 13.4. The van der Waals surface area contributed by atoms with Crippen molar-refractivity contribution < 1.29 is 17.9 Å². The number of hydrogen-bond donors (Lipinski definition) is 1. The monoisotopic (exact) mass is 494 g/mol. The Morgan fingerprint density at radius 1 is 1.17 bits per heavy atom. The Hall–Kier alpha value is -2.88. The molecule has 2 fully saturated rings. The molecular formula is C26H30N4O4S. The van der Waals surface area contributed by atoms with Crippen molar-refractivity contribution in [1.29, 1.82) is 0 Å². The van der Waals surface area contributed by atoms with Crippen LogP contribution in [0.25, 0.3) is 22.2 Å². The predicted octanol–water partition coefficient (Wildman–Crippen LogP) is 3.63. The van der Waals surface area contributed by atoms with E-state index in [-0.39, 0.29) is 16.9 Å². The van der Waals surface area contributed by atoms with Crippen LogP contribution in [-0.4, -0.2) is 60.9 Å². The number of benzene rings is 1. The molecule has 1 amide bonds. The van der Waals surface area contributed by atoms with E-state index >= 15 is 0 Å². The Kier molecular flexibility index (Phi) is 6.82. The van der Waals surface area contributed by atoms with Crippen LogP contribution in [0.2, 0.25) is 0 Å². The van der Waals surface area contributed by atoms with E-state index in [0.717, 1.165) is 31.2 Å². The van der Waals surface area contributed by atoms with E-state index < -0.39 is 10.0 Å². The van der Waals surface area contributed by atoms with Gasteiger partial charge >= 0.3 is 0 Å². The molecule has 2 aliphatic rings. The predicted molar refractivity (Wildman–Crippen MR) is 133 cm³/mol. The van der Waals surface area contributed by atoms with Crippen molar-refractivity contribution in [2.45, 2.75) is 43.6 Å². The quantitative estimate of drug-likeness (QED) is 0.562. The summed E-state index contributed by atoms with van der Waals surface area (Å²) in [5.41, 5.74) is 2.33. The SMILES string of the molecule is CC1CCN(S(=O)(=O)c2ccc3nc(-c4cccnc4)cc(C(=O)NC[C@@H]4CCCO4)c3c2)CC1. The summed E-state index contributed by atoms with van der Waals surface area (Å²) in [4.78, 5) is 22.4. The molecule has 0 spiro atoms. The Bertz CT molecular complexity index is 1320. The molecule has 0 radical (unpaired) electrons. The van der Waals surface area contributed by atoms with E-state index in [1.807, 2.05) is 12.1 Å². The molecule has 5 rings (SSSR count). The highest BCUT2D eigenvalue weighted by Gasteiger charge is 2.29. The third kappa shape index (κ3) is 5.07. The van der Waals surface area contributed by atoms with Gasteiger partial charge in [-0.05, 0) is 68.0 Å². The number of carbonyl (C=O) groups is 1. The molecule has 2 saturated heterocycles. The molecule has 3 aromatic rings. The number of fused-ring (bicyclic) bond motifs is 1. The number of pyridine rings is 2. The van der Waals surface area contributed by atoms with Crippen molar-refractivity contribution in [2.75, 3.05) is 26.2 Å². The first-order valence-corrected chi connectivity index (χ1v) is 13.6. The highest BCUT2D eigenvalue weighted by atomic mass is 32.2. The number of rotatable bonds is 6. The molecular weight excluding hydrogens is 464 g/mol. The van der Waals surface area contributed by atoms with Crippen LogP contribution in [0.15, 0.2) is 53.7 Å².